The van der Waals surface area contributed by atoms with Crippen LogP contribution in [0.2, 0.25) is 0 Å². The number of fused-ring (bicyclic) bond motifs is 2. The zero-order chi connectivity index (χ0) is 19.9. The minimum absolute atomic E-state index is 0.198. The Morgan fingerprint density at radius 2 is 1.89 bits per heavy atom. The number of carbonyl (C=O) groups excluding carboxylic acids is 1. The maximum absolute atomic E-state index is 14.5. The van der Waals surface area contributed by atoms with E-state index in [1.54, 1.807) is 7.05 Å². The van der Waals surface area contributed by atoms with Gasteiger partial charge in [-0.1, -0.05) is 6.07 Å². The molecule has 6 nitrogen and oxygen atoms in total. The van der Waals surface area contributed by atoms with Crippen LogP contribution in [0.3, 0.4) is 0 Å². The third kappa shape index (κ3) is 3.47. The van der Waals surface area contributed by atoms with Crippen LogP contribution < -0.4 is 15.8 Å². The molecule has 2 aliphatic rings. The van der Waals surface area contributed by atoms with Crippen molar-refractivity contribution in [3.05, 3.63) is 45.1 Å². The number of halogens is 1. The van der Waals surface area contributed by atoms with Crippen molar-refractivity contribution in [3.8, 4) is 0 Å². The number of hydrogen-bond donors (Lipinski definition) is 3. The highest BCUT2D eigenvalue weighted by Crippen LogP contribution is 2.38. The van der Waals surface area contributed by atoms with Crippen molar-refractivity contribution in [2.24, 2.45) is 9.50 Å². The lowest BCUT2D eigenvalue weighted by atomic mass is 9.99. The number of thiophene rings is 1. The summed E-state index contributed by atoms with van der Waals surface area (Å²) in [6.07, 6.45) is 5.93. The molecule has 0 saturated carbocycles. The highest BCUT2D eigenvalue weighted by atomic mass is 32.2. The number of carbonyl (C=O) groups is 1. The Hall–Kier alpha value is -1.81. The number of nitrogens with one attached hydrogen (secondary N) is 2. The Bertz CT molecular complexity index is 1040. The maximum atomic E-state index is 14.5. The molecule has 0 bridgehead atoms. The van der Waals surface area contributed by atoms with E-state index in [-0.39, 0.29) is 10.8 Å². The van der Waals surface area contributed by atoms with Crippen LogP contribution in [0.5, 0.6) is 0 Å². The number of rotatable bonds is 4. The molecule has 0 spiro atoms. The number of urea groups is 1. The van der Waals surface area contributed by atoms with Crippen LogP contribution in [0, 0.1) is 5.82 Å². The summed E-state index contributed by atoms with van der Waals surface area (Å²) in [6, 6.07) is 1.47. The largest absolute Gasteiger partial charge is 0.354 e. The Kier molecular flexibility index (Phi) is 5.26. The number of aryl methyl sites for hydroxylation is 2. The highest BCUT2D eigenvalue weighted by Gasteiger charge is 2.26. The predicted octanol–water partition coefficient (Wildman–Crippen LogP) is 3.52. The Balaban J connectivity index is 1.66. The molecular weight excluding hydrogens is 399 g/mol. The van der Waals surface area contributed by atoms with E-state index in [2.05, 4.69) is 21.1 Å². The van der Waals surface area contributed by atoms with Crippen LogP contribution in [0.25, 0.3) is 0 Å². The molecule has 1 atom stereocenters. The second kappa shape index (κ2) is 7.55. The van der Waals surface area contributed by atoms with Gasteiger partial charge in [0.2, 0.25) is 0 Å². The quantitative estimate of drug-likeness (QED) is 0.703. The van der Waals surface area contributed by atoms with Crippen LogP contribution in [-0.4, -0.2) is 17.3 Å². The van der Waals surface area contributed by atoms with E-state index in [1.165, 1.54) is 16.5 Å². The van der Waals surface area contributed by atoms with Crippen molar-refractivity contribution >= 4 is 33.0 Å². The van der Waals surface area contributed by atoms with E-state index < -0.39 is 21.8 Å². The normalized spacial score (nSPS) is 17.1. The van der Waals surface area contributed by atoms with Gasteiger partial charge < -0.3 is 10.6 Å². The second-order valence-electron chi connectivity index (χ2n) is 7.22. The average Bonchev–Trinajstić information content (AvgIpc) is 3.35. The number of nitrogens with two attached hydrogens (primary N) is 1. The summed E-state index contributed by atoms with van der Waals surface area (Å²) in [5, 5.41) is 13.0. The third-order valence-electron chi connectivity index (χ3n) is 5.33. The molecule has 1 aromatic carbocycles. The Labute approximate surface area is 168 Å². The standard InChI is InChI=1S/C19H23FN4O2S2/c1-22-9-13-10-27-18(16(13)20)28(21,26)24-19(25)23-17-14-6-2-4-11(14)8-12-5-3-7-15(12)17/h8,10,22H,2-7,9H2,1H3,(H3,21,23,24,25,26). The van der Waals surface area contributed by atoms with Crippen molar-refractivity contribution < 1.29 is 13.4 Å². The number of anilines is 1. The van der Waals surface area contributed by atoms with Crippen molar-refractivity contribution in [1.82, 2.24) is 5.32 Å². The molecule has 2 aliphatic carbocycles. The van der Waals surface area contributed by atoms with E-state index in [0.29, 0.717) is 5.56 Å². The van der Waals surface area contributed by atoms with E-state index >= 15 is 0 Å². The van der Waals surface area contributed by atoms with E-state index in [9.17, 15) is 13.4 Å². The summed E-state index contributed by atoms with van der Waals surface area (Å²) in [5.74, 6) is -0.662. The molecule has 150 valence electrons. The van der Waals surface area contributed by atoms with Gasteiger partial charge in [0, 0.05) is 17.8 Å². The van der Waals surface area contributed by atoms with Gasteiger partial charge in [-0.05, 0) is 73.2 Å². The summed E-state index contributed by atoms with van der Waals surface area (Å²) in [6.45, 7) is 0.284. The molecule has 0 saturated heterocycles. The molecule has 9 heteroatoms. The average molecular weight is 423 g/mol. The summed E-state index contributed by atoms with van der Waals surface area (Å²) < 4.78 is 30.7. The molecule has 0 aliphatic heterocycles. The van der Waals surface area contributed by atoms with Gasteiger partial charge in [-0.2, -0.15) is 0 Å². The van der Waals surface area contributed by atoms with Gasteiger partial charge in [0.05, 0.1) is 0 Å². The fraction of sp³-hybridized carbons (Fsp3) is 0.421. The second-order valence-corrected chi connectivity index (χ2v) is 10.1. The van der Waals surface area contributed by atoms with Crippen LogP contribution in [-0.2, 0) is 42.1 Å². The zero-order valence-electron chi connectivity index (χ0n) is 15.6. The predicted molar refractivity (Wildman–Crippen MR) is 110 cm³/mol. The molecular formula is C19H23FN4O2S2. The number of amides is 2. The molecule has 4 rings (SSSR count). The SMILES string of the molecule is CNCc1csc(S(N)(=O)=NC(=O)Nc2c3c(cc4c2CCC4)CCC3)c1F. The topological polar surface area (TPSA) is 96.6 Å². The minimum atomic E-state index is -3.66. The van der Waals surface area contributed by atoms with Gasteiger partial charge in [-0.15, -0.1) is 15.7 Å². The smallest absolute Gasteiger partial charge is 0.316 e. The van der Waals surface area contributed by atoms with Crippen LogP contribution in [0.1, 0.15) is 40.7 Å². The minimum Gasteiger partial charge on any atom is -0.316 e. The van der Waals surface area contributed by atoms with Crippen LogP contribution in [0.4, 0.5) is 14.9 Å². The first-order valence-electron chi connectivity index (χ1n) is 9.33. The highest BCUT2D eigenvalue weighted by molar-refractivity contribution is 7.93. The first-order chi connectivity index (χ1) is 13.4. The summed E-state index contributed by atoms with van der Waals surface area (Å²) in [5.41, 5.74) is 5.98. The fourth-order valence-electron chi connectivity index (χ4n) is 4.13. The molecule has 2 amide bonds. The lowest BCUT2D eigenvalue weighted by Crippen LogP contribution is -2.19. The van der Waals surface area contributed by atoms with E-state index in [1.807, 2.05) is 0 Å². The monoisotopic (exact) mass is 422 g/mol. The number of nitrogens with zero attached hydrogens (tertiary/aromatic N) is 1. The van der Waals surface area contributed by atoms with Gasteiger partial charge in [-0.3, -0.25) is 0 Å². The first kappa shape index (κ1) is 19.5. The molecule has 0 radical (unpaired) electrons. The van der Waals surface area contributed by atoms with Crippen LogP contribution >= 0.6 is 11.3 Å². The van der Waals surface area contributed by atoms with Crippen molar-refractivity contribution in [3.63, 3.8) is 0 Å². The summed E-state index contributed by atoms with van der Waals surface area (Å²) >= 11 is 0.922. The number of benzene rings is 1. The van der Waals surface area contributed by atoms with Gasteiger partial charge in [0.15, 0.2) is 19.9 Å². The van der Waals surface area contributed by atoms with Gasteiger partial charge in [0.25, 0.3) is 0 Å². The maximum Gasteiger partial charge on any atom is 0.354 e. The number of hydrogen-bond acceptors (Lipinski definition) is 4. The van der Waals surface area contributed by atoms with Gasteiger partial charge in [-0.25, -0.2) is 18.5 Å². The summed E-state index contributed by atoms with van der Waals surface area (Å²) in [7, 11) is -1.97. The Morgan fingerprint density at radius 3 is 2.50 bits per heavy atom. The van der Waals surface area contributed by atoms with Crippen LogP contribution in [0.15, 0.2) is 20.0 Å². The van der Waals surface area contributed by atoms with Crippen molar-refractivity contribution in [2.75, 3.05) is 12.4 Å². The third-order valence-corrected chi connectivity index (χ3v) is 8.27. The first-order valence-corrected chi connectivity index (χ1v) is 11.8. The summed E-state index contributed by atoms with van der Waals surface area (Å²) in [4.78, 5) is 12.6. The van der Waals surface area contributed by atoms with E-state index in [4.69, 9.17) is 5.14 Å². The van der Waals surface area contributed by atoms with Crippen molar-refractivity contribution in [1.29, 1.82) is 0 Å². The fourth-order valence-corrected chi connectivity index (χ4v) is 6.37. The van der Waals surface area contributed by atoms with Gasteiger partial charge >= 0.3 is 6.03 Å². The Morgan fingerprint density at radius 1 is 1.25 bits per heavy atom. The molecule has 4 N–H and O–H groups in total. The van der Waals surface area contributed by atoms with E-state index in [0.717, 1.165) is 66.7 Å². The lowest BCUT2D eigenvalue weighted by Gasteiger charge is -2.15. The van der Waals surface area contributed by atoms with Crippen molar-refractivity contribution in [2.45, 2.75) is 49.3 Å². The van der Waals surface area contributed by atoms with Gasteiger partial charge in [0.1, 0.15) is 0 Å². The molecule has 28 heavy (non-hydrogen) atoms. The molecule has 0 fully saturated rings. The molecule has 1 heterocycles. The molecule has 2 aromatic rings. The zero-order valence-corrected chi connectivity index (χ0v) is 17.3. The molecule has 1 unspecified atom stereocenters. The lowest BCUT2D eigenvalue weighted by molar-refractivity contribution is 0.260. The molecule has 1 aromatic heterocycles.